The van der Waals surface area contributed by atoms with Crippen LogP contribution in [0.15, 0.2) is 23.1 Å². The van der Waals surface area contributed by atoms with Crippen molar-refractivity contribution in [2.45, 2.75) is 4.90 Å². The van der Waals surface area contributed by atoms with Crippen LogP contribution < -0.4 is 10.6 Å². The number of rotatable bonds is 5. The first kappa shape index (κ1) is 11.9. The summed E-state index contributed by atoms with van der Waals surface area (Å²) in [5, 5.41) is 15.4. The summed E-state index contributed by atoms with van der Waals surface area (Å²) in [5.74, 6) is 0. The molecule has 0 aliphatic heterocycles. The monoisotopic (exact) mass is 221 g/mol. The van der Waals surface area contributed by atoms with Crippen molar-refractivity contribution in [1.82, 2.24) is 5.32 Å². The highest BCUT2D eigenvalue weighted by atomic mass is 32.2. The van der Waals surface area contributed by atoms with Gasteiger partial charge in [0.2, 0.25) is 0 Å². The molecule has 2 N–H and O–H groups in total. The predicted octanol–water partition coefficient (Wildman–Crippen LogP) is 1.91. The minimum absolute atomic E-state index is 0.737. The fraction of sp³-hybridized carbons (Fsp3) is 0.364. The lowest BCUT2D eigenvalue weighted by molar-refractivity contribution is 0.823. The summed E-state index contributed by atoms with van der Waals surface area (Å²) in [7, 11) is 1.91. The van der Waals surface area contributed by atoms with Gasteiger partial charge in [-0.05, 0) is 25.4 Å². The maximum absolute atomic E-state index is 9.07. The largest absolute Gasteiger partial charge is 0.383 e. The van der Waals surface area contributed by atoms with E-state index in [0.29, 0.717) is 0 Å². The molecule has 0 amide bonds. The summed E-state index contributed by atoms with van der Waals surface area (Å²) >= 11 is 1.60. The van der Waals surface area contributed by atoms with Gasteiger partial charge < -0.3 is 10.6 Å². The van der Waals surface area contributed by atoms with E-state index in [2.05, 4.69) is 16.7 Å². The van der Waals surface area contributed by atoms with Crippen molar-refractivity contribution >= 4 is 17.4 Å². The van der Waals surface area contributed by atoms with Gasteiger partial charge in [-0.1, -0.05) is 6.07 Å². The van der Waals surface area contributed by atoms with Crippen LogP contribution in [0.4, 0.5) is 5.69 Å². The van der Waals surface area contributed by atoms with E-state index in [-0.39, 0.29) is 0 Å². The van der Waals surface area contributed by atoms with Gasteiger partial charge in [-0.15, -0.1) is 11.8 Å². The third-order valence-electron chi connectivity index (χ3n) is 2.05. The fourth-order valence-corrected chi connectivity index (χ4v) is 1.86. The Hall–Kier alpha value is -1.18. The standard InChI is InChI=1S/C11H15N3S/c1-13-6-7-14-10-4-3-5-11(15-2)9(10)8-12/h3-5,13-14H,6-7H2,1-2H3. The lowest BCUT2D eigenvalue weighted by Gasteiger charge is -2.09. The summed E-state index contributed by atoms with van der Waals surface area (Å²) < 4.78 is 0. The van der Waals surface area contributed by atoms with Crippen molar-refractivity contribution in [1.29, 1.82) is 5.26 Å². The lowest BCUT2D eigenvalue weighted by Crippen LogP contribution is -2.18. The van der Waals surface area contributed by atoms with Crippen LogP contribution in [0.25, 0.3) is 0 Å². The van der Waals surface area contributed by atoms with Gasteiger partial charge in [-0.3, -0.25) is 0 Å². The summed E-state index contributed by atoms with van der Waals surface area (Å²) in [5.41, 5.74) is 1.65. The van der Waals surface area contributed by atoms with E-state index < -0.39 is 0 Å². The summed E-state index contributed by atoms with van der Waals surface area (Å²) in [6, 6.07) is 8.11. The van der Waals surface area contributed by atoms with Gasteiger partial charge in [-0.2, -0.15) is 5.26 Å². The molecule has 3 nitrogen and oxygen atoms in total. The van der Waals surface area contributed by atoms with Gasteiger partial charge in [0.15, 0.2) is 0 Å². The summed E-state index contributed by atoms with van der Waals surface area (Å²) in [4.78, 5) is 1.02. The highest BCUT2D eigenvalue weighted by Gasteiger charge is 2.05. The van der Waals surface area contributed by atoms with Crippen LogP contribution in [0.5, 0.6) is 0 Å². The molecule has 1 aromatic carbocycles. The summed E-state index contributed by atoms with van der Waals surface area (Å²) in [6.45, 7) is 1.71. The maximum Gasteiger partial charge on any atom is 0.102 e. The van der Waals surface area contributed by atoms with Crippen molar-refractivity contribution in [3.05, 3.63) is 23.8 Å². The Morgan fingerprint density at radius 2 is 2.20 bits per heavy atom. The Bertz CT molecular complexity index is 357. The average molecular weight is 221 g/mol. The molecule has 0 fully saturated rings. The number of thioether (sulfide) groups is 1. The summed E-state index contributed by atoms with van der Waals surface area (Å²) in [6.07, 6.45) is 1.98. The number of anilines is 1. The van der Waals surface area contributed by atoms with E-state index in [4.69, 9.17) is 5.26 Å². The highest BCUT2D eigenvalue weighted by Crippen LogP contribution is 2.25. The minimum atomic E-state index is 0.737. The molecule has 0 bridgehead atoms. The van der Waals surface area contributed by atoms with E-state index in [1.165, 1.54) is 0 Å². The fourth-order valence-electron chi connectivity index (χ4n) is 1.29. The molecule has 0 aliphatic rings. The Kier molecular flexibility index (Phi) is 5.02. The molecule has 0 radical (unpaired) electrons. The van der Waals surface area contributed by atoms with Crippen molar-refractivity contribution in [2.24, 2.45) is 0 Å². The number of hydrogen-bond acceptors (Lipinski definition) is 4. The number of nitrogens with one attached hydrogen (secondary N) is 2. The molecule has 0 saturated heterocycles. The number of nitriles is 1. The predicted molar refractivity (Wildman–Crippen MR) is 65.4 cm³/mol. The Labute approximate surface area is 94.9 Å². The van der Waals surface area contributed by atoms with Crippen molar-refractivity contribution in [2.75, 3.05) is 31.7 Å². The van der Waals surface area contributed by atoms with Gasteiger partial charge in [0, 0.05) is 18.0 Å². The molecule has 1 rings (SSSR count). The van der Waals surface area contributed by atoms with Crippen LogP contribution in [-0.2, 0) is 0 Å². The molecule has 0 aromatic heterocycles. The lowest BCUT2D eigenvalue weighted by atomic mass is 10.2. The molecule has 80 valence electrons. The Morgan fingerprint density at radius 3 is 2.80 bits per heavy atom. The van der Waals surface area contributed by atoms with Gasteiger partial charge in [-0.25, -0.2) is 0 Å². The maximum atomic E-state index is 9.07. The van der Waals surface area contributed by atoms with Crippen molar-refractivity contribution < 1.29 is 0 Å². The molecule has 4 heteroatoms. The zero-order valence-electron chi connectivity index (χ0n) is 9.00. The molecular formula is C11H15N3S. The number of nitrogens with zero attached hydrogens (tertiary/aromatic N) is 1. The van der Waals surface area contributed by atoms with Crippen LogP contribution in [0.2, 0.25) is 0 Å². The SMILES string of the molecule is CNCCNc1cccc(SC)c1C#N. The van der Waals surface area contributed by atoms with E-state index in [1.54, 1.807) is 11.8 Å². The van der Waals surface area contributed by atoms with Crippen LogP contribution in [0, 0.1) is 11.3 Å². The van der Waals surface area contributed by atoms with Gasteiger partial charge >= 0.3 is 0 Å². The Morgan fingerprint density at radius 1 is 1.40 bits per heavy atom. The third kappa shape index (κ3) is 3.15. The molecule has 0 saturated carbocycles. The van der Waals surface area contributed by atoms with Crippen LogP contribution in [-0.4, -0.2) is 26.4 Å². The molecule has 0 unspecified atom stereocenters. The van der Waals surface area contributed by atoms with Gasteiger partial charge in [0.05, 0.1) is 11.3 Å². The van der Waals surface area contributed by atoms with Gasteiger partial charge in [0.1, 0.15) is 6.07 Å². The molecule has 0 aliphatic carbocycles. The third-order valence-corrected chi connectivity index (χ3v) is 2.83. The molecule has 15 heavy (non-hydrogen) atoms. The van der Waals surface area contributed by atoms with E-state index in [1.807, 2.05) is 31.5 Å². The van der Waals surface area contributed by atoms with E-state index in [9.17, 15) is 0 Å². The molecular weight excluding hydrogens is 206 g/mol. The van der Waals surface area contributed by atoms with E-state index in [0.717, 1.165) is 29.2 Å². The number of benzene rings is 1. The highest BCUT2D eigenvalue weighted by molar-refractivity contribution is 7.98. The smallest absolute Gasteiger partial charge is 0.102 e. The van der Waals surface area contributed by atoms with E-state index >= 15 is 0 Å². The first-order valence-corrected chi connectivity index (χ1v) is 6.01. The second-order valence-electron chi connectivity index (χ2n) is 3.02. The second-order valence-corrected chi connectivity index (χ2v) is 3.87. The molecule has 0 spiro atoms. The van der Waals surface area contributed by atoms with Crippen molar-refractivity contribution in [3.8, 4) is 6.07 Å². The number of likely N-dealkylation sites (N-methyl/N-ethyl adjacent to an activating group) is 1. The molecule has 0 heterocycles. The Balaban J connectivity index is 2.83. The molecule has 0 atom stereocenters. The second kappa shape index (κ2) is 6.33. The van der Waals surface area contributed by atoms with Crippen LogP contribution >= 0.6 is 11.8 Å². The zero-order valence-corrected chi connectivity index (χ0v) is 9.82. The first-order valence-electron chi connectivity index (χ1n) is 4.79. The van der Waals surface area contributed by atoms with Crippen LogP contribution in [0.3, 0.4) is 0 Å². The molecule has 1 aromatic rings. The normalized spacial score (nSPS) is 9.67. The first-order chi connectivity index (χ1) is 7.33. The van der Waals surface area contributed by atoms with Crippen LogP contribution in [0.1, 0.15) is 5.56 Å². The number of hydrogen-bond donors (Lipinski definition) is 2. The quantitative estimate of drug-likeness (QED) is 0.589. The van der Waals surface area contributed by atoms with Crippen molar-refractivity contribution in [3.63, 3.8) is 0 Å². The topological polar surface area (TPSA) is 47.8 Å². The minimum Gasteiger partial charge on any atom is -0.383 e. The van der Waals surface area contributed by atoms with Gasteiger partial charge in [0.25, 0.3) is 0 Å². The average Bonchev–Trinajstić information content (AvgIpc) is 2.29. The zero-order chi connectivity index (χ0) is 11.1.